The summed E-state index contributed by atoms with van der Waals surface area (Å²) < 4.78 is 0. The van der Waals surface area contributed by atoms with E-state index in [0.29, 0.717) is 18.4 Å². The number of hydrogen-bond acceptors (Lipinski definition) is 9. The van der Waals surface area contributed by atoms with Crippen LogP contribution in [0.2, 0.25) is 0 Å². The van der Waals surface area contributed by atoms with Gasteiger partial charge in [-0.2, -0.15) is 0 Å². The fraction of sp³-hybridized carbons (Fsp3) is 0.258. The predicted molar refractivity (Wildman–Crippen MR) is 157 cm³/mol. The number of carbonyl (C=O) groups is 3. The lowest BCUT2D eigenvalue weighted by Gasteiger charge is -2.18. The molecule has 6 rings (SSSR count). The number of carboxylic acids is 1. The number of nitrogen functional groups attached to an aromatic ring is 1. The molecule has 0 aliphatic heterocycles. The highest BCUT2D eigenvalue weighted by atomic mass is 16.4. The number of carbonyl (C=O) groups excluding carboxylic acids is 2. The van der Waals surface area contributed by atoms with Crippen LogP contribution in [0.4, 0.5) is 11.4 Å². The van der Waals surface area contributed by atoms with Crippen molar-refractivity contribution in [2.45, 2.75) is 51.2 Å². The highest BCUT2D eigenvalue weighted by Crippen LogP contribution is 2.36. The molecule has 218 valence electrons. The third kappa shape index (κ3) is 5.00. The Balaban J connectivity index is 1.10. The van der Waals surface area contributed by atoms with Crippen LogP contribution in [0.15, 0.2) is 52.3 Å². The quantitative estimate of drug-likeness (QED) is 0.193. The summed E-state index contributed by atoms with van der Waals surface area (Å²) >= 11 is 0. The summed E-state index contributed by atoms with van der Waals surface area (Å²) in [7, 11) is 0. The van der Waals surface area contributed by atoms with Crippen molar-refractivity contribution in [1.29, 1.82) is 0 Å². The van der Waals surface area contributed by atoms with Crippen LogP contribution >= 0.6 is 0 Å². The smallest absolute Gasteiger partial charge is 0.335 e. The zero-order chi connectivity index (χ0) is 30.4. The second-order valence-electron chi connectivity index (χ2n) is 10.9. The Morgan fingerprint density at radius 1 is 0.930 bits per heavy atom. The molecule has 2 amide bonds. The van der Waals surface area contributed by atoms with Crippen molar-refractivity contribution in [3.8, 4) is 0 Å². The monoisotopic (exact) mass is 580 g/mol. The number of aromatic carboxylic acids is 1. The van der Waals surface area contributed by atoms with Gasteiger partial charge in [0, 0.05) is 12.6 Å². The molecule has 0 saturated carbocycles. The maximum absolute atomic E-state index is 13.0. The lowest BCUT2D eigenvalue weighted by molar-refractivity contribution is 0.0695. The van der Waals surface area contributed by atoms with Crippen LogP contribution < -0.4 is 32.5 Å². The number of amides is 2. The first-order chi connectivity index (χ1) is 20.6. The molecule has 0 saturated heterocycles. The first-order valence-electron chi connectivity index (χ1n) is 13.9. The van der Waals surface area contributed by atoms with E-state index in [9.17, 15) is 29.1 Å². The molecule has 6 N–H and O–H groups in total. The van der Waals surface area contributed by atoms with Crippen LogP contribution in [0, 0.1) is 6.92 Å². The average Bonchev–Trinajstić information content (AvgIpc) is 3.62. The van der Waals surface area contributed by atoms with Crippen molar-refractivity contribution in [2.75, 3.05) is 11.1 Å². The van der Waals surface area contributed by atoms with Crippen molar-refractivity contribution >= 4 is 29.2 Å². The third-order valence-electron chi connectivity index (χ3n) is 8.37. The predicted octanol–water partition coefficient (Wildman–Crippen LogP) is 2.11. The van der Waals surface area contributed by atoms with Crippen molar-refractivity contribution < 1.29 is 19.5 Å². The average molecular weight is 581 g/mol. The molecule has 0 radical (unpaired) electrons. The molecule has 43 heavy (non-hydrogen) atoms. The van der Waals surface area contributed by atoms with Crippen LogP contribution in [0.25, 0.3) is 0 Å². The fourth-order valence-electron chi connectivity index (χ4n) is 6.01. The second-order valence-corrected chi connectivity index (χ2v) is 10.9. The second kappa shape index (κ2) is 10.8. The van der Waals surface area contributed by atoms with Gasteiger partial charge in [0.2, 0.25) is 0 Å². The van der Waals surface area contributed by atoms with Gasteiger partial charge in [-0.05, 0) is 72.1 Å². The molecular weight excluding hydrogens is 552 g/mol. The van der Waals surface area contributed by atoms with Crippen molar-refractivity contribution in [2.24, 2.45) is 0 Å². The number of nitrogens with two attached hydrogens (primary N) is 1. The van der Waals surface area contributed by atoms with Gasteiger partial charge in [-0.25, -0.2) is 14.8 Å². The Morgan fingerprint density at radius 3 is 2.42 bits per heavy atom. The Kier molecular flexibility index (Phi) is 6.96. The molecule has 3 aromatic carbocycles. The van der Waals surface area contributed by atoms with Crippen molar-refractivity contribution in [3.05, 3.63) is 114 Å². The van der Waals surface area contributed by atoms with Crippen LogP contribution in [0.1, 0.15) is 89.6 Å². The van der Waals surface area contributed by atoms with E-state index in [1.807, 2.05) is 18.2 Å². The van der Waals surface area contributed by atoms with Crippen LogP contribution in [0.3, 0.4) is 0 Å². The molecule has 1 unspecified atom stereocenters. The summed E-state index contributed by atoms with van der Waals surface area (Å²) in [6.45, 7) is 1.97. The van der Waals surface area contributed by atoms with Crippen molar-refractivity contribution in [3.63, 3.8) is 0 Å². The first-order valence-corrected chi connectivity index (χ1v) is 13.9. The van der Waals surface area contributed by atoms with Crippen LogP contribution in [0.5, 0.6) is 0 Å². The standard InChI is InChI=1S/C31H28N6O6/c1-14-17-7-9-21(19(17)6-5-18(14)31(42)43)37-30(41)24-11-23(34-13-35-24)29(40)33-12-15-2-3-16-4-8-22(20(16)10-15)36-26-25(32)27(38)28(26)39/h2-3,5-6,10-11,13,21-22,36H,4,7-9,12,32H2,1H3,(H,33,40)(H,37,41)(H,42,43)/t21-,22?/m0/s1. The summed E-state index contributed by atoms with van der Waals surface area (Å²) in [6.07, 6.45) is 3.98. The van der Waals surface area contributed by atoms with Gasteiger partial charge in [0.15, 0.2) is 0 Å². The van der Waals surface area contributed by atoms with Crippen molar-refractivity contribution in [1.82, 2.24) is 20.6 Å². The van der Waals surface area contributed by atoms with E-state index >= 15 is 0 Å². The summed E-state index contributed by atoms with van der Waals surface area (Å²) in [5.41, 5.74) is 10.2. The van der Waals surface area contributed by atoms with Gasteiger partial charge >= 0.3 is 5.97 Å². The minimum atomic E-state index is -0.985. The number of rotatable bonds is 8. The molecule has 12 nitrogen and oxygen atoms in total. The molecule has 1 aromatic heterocycles. The Labute approximate surface area is 245 Å². The molecule has 2 aliphatic carbocycles. The summed E-state index contributed by atoms with van der Waals surface area (Å²) in [4.78, 5) is 68.8. The number of fused-ring (bicyclic) bond motifs is 2. The van der Waals surface area contributed by atoms with Gasteiger partial charge in [-0.3, -0.25) is 19.2 Å². The SMILES string of the molecule is Cc1c(C(=O)O)ccc2c1CC[C@@H]2NC(=O)c1cc(C(=O)NCc2ccc3c(c2)C(Nc2c(N)c(=O)c2=O)CC3)ncn1. The number of nitrogens with one attached hydrogen (secondary N) is 3. The van der Waals surface area contributed by atoms with Gasteiger partial charge in [-0.1, -0.05) is 24.3 Å². The fourth-order valence-corrected chi connectivity index (χ4v) is 6.01. The topological polar surface area (TPSA) is 193 Å². The van der Waals surface area contributed by atoms with Gasteiger partial charge in [-0.15, -0.1) is 0 Å². The van der Waals surface area contributed by atoms with Crippen LogP contribution in [-0.4, -0.2) is 32.9 Å². The molecule has 1 heterocycles. The lowest BCUT2D eigenvalue weighted by Crippen LogP contribution is -2.37. The maximum atomic E-state index is 13.0. The van der Waals surface area contributed by atoms with E-state index in [1.54, 1.807) is 19.1 Å². The van der Waals surface area contributed by atoms with E-state index in [-0.39, 0.29) is 47.0 Å². The van der Waals surface area contributed by atoms with E-state index in [1.165, 1.54) is 6.07 Å². The third-order valence-corrected chi connectivity index (χ3v) is 8.37. The summed E-state index contributed by atoms with van der Waals surface area (Å²) in [6, 6.07) is 9.98. The van der Waals surface area contributed by atoms with Crippen LogP contribution in [-0.2, 0) is 19.4 Å². The zero-order valence-corrected chi connectivity index (χ0v) is 23.2. The minimum Gasteiger partial charge on any atom is -0.478 e. The van der Waals surface area contributed by atoms with Gasteiger partial charge in [0.1, 0.15) is 29.1 Å². The van der Waals surface area contributed by atoms with Gasteiger partial charge < -0.3 is 26.8 Å². The molecule has 0 fully saturated rings. The number of carboxylic acid groups (broad SMARTS) is 1. The molecular formula is C31H28N6O6. The molecule has 0 bridgehead atoms. The zero-order valence-electron chi connectivity index (χ0n) is 23.2. The van der Waals surface area contributed by atoms with Gasteiger partial charge in [0.05, 0.1) is 17.6 Å². The summed E-state index contributed by atoms with van der Waals surface area (Å²) in [5, 5.41) is 18.3. The molecule has 4 aromatic rings. The lowest BCUT2D eigenvalue weighted by atomic mass is 9.98. The number of benzene rings is 2. The molecule has 2 atom stereocenters. The number of hydrogen-bond donors (Lipinski definition) is 5. The molecule has 2 aliphatic rings. The number of nitrogens with zero attached hydrogens (tertiary/aromatic N) is 2. The highest BCUT2D eigenvalue weighted by molar-refractivity contribution is 5.97. The number of aromatic nitrogens is 2. The van der Waals surface area contributed by atoms with E-state index < -0.39 is 28.6 Å². The summed E-state index contributed by atoms with van der Waals surface area (Å²) in [5.74, 6) is -1.93. The van der Waals surface area contributed by atoms with E-state index in [2.05, 4.69) is 25.9 Å². The molecule has 12 heteroatoms. The number of anilines is 2. The normalized spacial score (nSPS) is 16.9. The minimum absolute atomic E-state index is 0.0326. The number of aryl methyl sites for hydroxylation is 1. The first kappa shape index (κ1) is 27.8. The van der Waals surface area contributed by atoms with E-state index in [0.717, 1.165) is 47.0 Å². The van der Waals surface area contributed by atoms with Gasteiger partial charge in [0.25, 0.3) is 22.7 Å². The Hall–Kier alpha value is -5.39. The highest BCUT2D eigenvalue weighted by Gasteiger charge is 2.29. The van der Waals surface area contributed by atoms with E-state index in [4.69, 9.17) is 5.73 Å². The largest absolute Gasteiger partial charge is 0.478 e. The maximum Gasteiger partial charge on any atom is 0.335 e. The molecule has 0 spiro atoms. The Morgan fingerprint density at radius 2 is 1.67 bits per heavy atom. The Bertz CT molecular complexity index is 1890.